The first-order valence-corrected chi connectivity index (χ1v) is 13.8. The Morgan fingerprint density at radius 1 is 1.02 bits per heavy atom. The third-order valence-corrected chi connectivity index (χ3v) is 8.24. The second kappa shape index (κ2) is 11.3. The molecule has 0 aliphatic heterocycles. The van der Waals surface area contributed by atoms with E-state index in [0.29, 0.717) is 22.4 Å². The summed E-state index contributed by atoms with van der Waals surface area (Å²) in [5.74, 6) is 0. The molecule has 9 nitrogen and oxygen atoms in total. The van der Waals surface area contributed by atoms with Crippen molar-refractivity contribution in [2.45, 2.75) is 57.8 Å². The number of anilines is 2. The van der Waals surface area contributed by atoms with Gasteiger partial charge in [0, 0.05) is 23.8 Å². The molecule has 0 bridgehead atoms. The summed E-state index contributed by atoms with van der Waals surface area (Å²) < 4.78 is 69.8. The molecule has 230 valence electrons. The van der Waals surface area contributed by atoms with Crippen LogP contribution in [0.15, 0.2) is 42.7 Å². The standard InChI is InChI=1S/C31H26F5N9/c1-17-18(11-37)5-4-6-22(17)27(24-15-45(44-43-24)30(7-8-30)28(32)33)42-21-9-19(12-38)25-23(10-21)26(20(13-39)14-40-25)41-16-29(2,3)31(34,35)36/h4-6,9-10,14-15,27-28,42H,7-8,16H2,1-3H3,(H,40,41)/t27-/m0/s1. The topological polar surface area (TPSA) is 139 Å². The molecule has 0 amide bonds. The van der Waals surface area contributed by atoms with Crippen molar-refractivity contribution < 1.29 is 22.0 Å². The molecule has 0 radical (unpaired) electrons. The zero-order valence-corrected chi connectivity index (χ0v) is 24.3. The van der Waals surface area contributed by atoms with E-state index >= 15 is 0 Å². The fourth-order valence-electron chi connectivity index (χ4n) is 5.02. The normalized spacial score (nSPS) is 14.8. The number of fused-ring (bicyclic) bond motifs is 1. The largest absolute Gasteiger partial charge is 0.395 e. The summed E-state index contributed by atoms with van der Waals surface area (Å²) in [6.07, 6.45) is -4.11. The monoisotopic (exact) mass is 619 g/mol. The number of benzene rings is 2. The Hall–Kier alpha value is -5.29. The highest BCUT2D eigenvalue weighted by Gasteiger charge is 2.54. The number of nitriles is 3. The third kappa shape index (κ3) is 5.58. The third-order valence-electron chi connectivity index (χ3n) is 8.24. The highest BCUT2D eigenvalue weighted by Crippen LogP contribution is 2.48. The van der Waals surface area contributed by atoms with Crippen LogP contribution in [-0.4, -0.2) is 39.1 Å². The minimum atomic E-state index is -4.54. The van der Waals surface area contributed by atoms with Crippen molar-refractivity contribution in [2.24, 2.45) is 5.41 Å². The van der Waals surface area contributed by atoms with Gasteiger partial charge in [-0.05, 0) is 62.9 Å². The number of alkyl halides is 5. The molecule has 0 spiro atoms. The lowest BCUT2D eigenvalue weighted by Gasteiger charge is -2.28. The second-order valence-electron chi connectivity index (χ2n) is 11.6. The van der Waals surface area contributed by atoms with Gasteiger partial charge < -0.3 is 10.6 Å². The first-order chi connectivity index (χ1) is 21.3. The van der Waals surface area contributed by atoms with E-state index in [1.807, 2.05) is 12.1 Å². The molecule has 45 heavy (non-hydrogen) atoms. The van der Waals surface area contributed by atoms with Crippen molar-refractivity contribution in [1.82, 2.24) is 20.0 Å². The summed E-state index contributed by atoms with van der Waals surface area (Å²) >= 11 is 0. The number of hydrogen-bond acceptors (Lipinski definition) is 8. The summed E-state index contributed by atoms with van der Waals surface area (Å²) in [6, 6.07) is 13.3. The molecule has 1 aliphatic carbocycles. The number of aromatic nitrogens is 4. The number of nitrogens with zero attached hydrogens (tertiary/aromatic N) is 7. The van der Waals surface area contributed by atoms with Crippen molar-refractivity contribution in [3.8, 4) is 18.2 Å². The highest BCUT2D eigenvalue weighted by molar-refractivity contribution is 5.99. The number of nitrogens with one attached hydrogen (secondary N) is 2. The Morgan fingerprint density at radius 3 is 2.31 bits per heavy atom. The van der Waals surface area contributed by atoms with E-state index < -0.39 is 36.1 Å². The second-order valence-corrected chi connectivity index (χ2v) is 11.6. The fraction of sp³-hybridized carbons (Fsp3) is 0.355. The molecule has 2 N–H and O–H groups in total. The number of halogens is 5. The lowest BCUT2D eigenvalue weighted by molar-refractivity contribution is -0.206. The Morgan fingerprint density at radius 2 is 1.71 bits per heavy atom. The fourth-order valence-corrected chi connectivity index (χ4v) is 5.02. The number of rotatable bonds is 9. The van der Waals surface area contributed by atoms with Gasteiger partial charge in [0.2, 0.25) is 0 Å². The number of pyridine rings is 1. The predicted molar refractivity (Wildman–Crippen MR) is 154 cm³/mol. The van der Waals surface area contributed by atoms with Crippen molar-refractivity contribution in [2.75, 3.05) is 17.2 Å². The molecule has 1 aliphatic rings. The van der Waals surface area contributed by atoms with E-state index in [-0.39, 0.29) is 46.3 Å². The van der Waals surface area contributed by atoms with E-state index in [4.69, 9.17) is 0 Å². The summed E-state index contributed by atoms with van der Waals surface area (Å²) in [4.78, 5) is 4.24. The minimum absolute atomic E-state index is 0.0275. The van der Waals surface area contributed by atoms with E-state index in [1.165, 1.54) is 24.5 Å². The van der Waals surface area contributed by atoms with Crippen molar-refractivity contribution >= 4 is 22.3 Å². The van der Waals surface area contributed by atoms with Crippen LogP contribution in [0.5, 0.6) is 0 Å². The molecular formula is C31H26F5N9. The number of hydrogen-bond donors (Lipinski definition) is 2. The summed E-state index contributed by atoms with van der Waals surface area (Å²) in [6.45, 7) is 3.21. The van der Waals surface area contributed by atoms with Crippen LogP contribution in [0.1, 0.15) is 66.2 Å². The van der Waals surface area contributed by atoms with Gasteiger partial charge >= 0.3 is 6.18 Å². The van der Waals surface area contributed by atoms with Gasteiger partial charge in [0.1, 0.15) is 23.4 Å². The van der Waals surface area contributed by atoms with Crippen LogP contribution < -0.4 is 10.6 Å². The van der Waals surface area contributed by atoms with Crippen LogP contribution in [0.25, 0.3) is 10.9 Å². The Kier molecular flexibility index (Phi) is 7.84. The highest BCUT2D eigenvalue weighted by atomic mass is 19.4. The van der Waals surface area contributed by atoms with Gasteiger partial charge in [-0.3, -0.25) is 4.98 Å². The first-order valence-electron chi connectivity index (χ1n) is 13.8. The van der Waals surface area contributed by atoms with E-state index in [0.717, 1.165) is 18.5 Å². The van der Waals surface area contributed by atoms with Gasteiger partial charge in [0.25, 0.3) is 6.43 Å². The molecule has 2 aromatic heterocycles. The first kappa shape index (κ1) is 31.1. The molecule has 0 saturated heterocycles. The van der Waals surface area contributed by atoms with E-state index in [1.54, 1.807) is 25.1 Å². The van der Waals surface area contributed by atoms with Crippen molar-refractivity contribution in [1.29, 1.82) is 15.8 Å². The van der Waals surface area contributed by atoms with Gasteiger partial charge in [-0.15, -0.1) is 5.10 Å². The lowest BCUT2D eigenvalue weighted by atomic mass is 9.92. The van der Waals surface area contributed by atoms with Gasteiger partial charge in [0.05, 0.1) is 51.6 Å². The predicted octanol–water partition coefficient (Wildman–Crippen LogP) is 6.71. The van der Waals surface area contributed by atoms with Crippen LogP contribution in [0.3, 0.4) is 0 Å². The molecule has 4 aromatic rings. The molecular weight excluding hydrogens is 593 g/mol. The molecule has 1 fully saturated rings. The van der Waals surface area contributed by atoms with Gasteiger partial charge in [0.15, 0.2) is 0 Å². The van der Waals surface area contributed by atoms with Crippen molar-refractivity contribution in [3.63, 3.8) is 0 Å². The van der Waals surface area contributed by atoms with Gasteiger partial charge in [-0.1, -0.05) is 17.3 Å². The van der Waals surface area contributed by atoms with E-state index in [9.17, 15) is 37.7 Å². The maximum atomic E-state index is 13.9. The van der Waals surface area contributed by atoms with Crippen LogP contribution in [0.2, 0.25) is 0 Å². The zero-order chi connectivity index (χ0) is 32.7. The Bertz CT molecular complexity index is 1900. The molecule has 0 unspecified atom stereocenters. The quantitative estimate of drug-likeness (QED) is 0.197. The van der Waals surface area contributed by atoms with Crippen LogP contribution in [-0.2, 0) is 5.54 Å². The molecule has 2 aromatic carbocycles. The molecule has 5 rings (SSSR count). The minimum Gasteiger partial charge on any atom is -0.382 e. The average molecular weight is 620 g/mol. The molecule has 2 heterocycles. The SMILES string of the molecule is Cc1c(C#N)cccc1[C@H](Nc1cc(C#N)c2ncc(C#N)c(NCC(C)(C)C(F)(F)F)c2c1)c1cn(C2(C(F)F)CC2)nn1. The Balaban J connectivity index is 1.64. The maximum absolute atomic E-state index is 13.9. The smallest absolute Gasteiger partial charge is 0.382 e. The summed E-state index contributed by atoms with van der Waals surface area (Å²) in [5.41, 5.74) is -1.23. The lowest BCUT2D eigenvalue weighted by Crippen LogP contribution is -2.38. The van der Waals surface area contributed by atoms with Gasteiger partial charge in [-0.25, -0.2) is 13.5 Å². The Labute approximate surface area is 254 Å². The average Bonchev–Trinajstić information content (AvgIpc) is 3.68. The summed E-state index contributed by atoms with van der Waals surface area (Å²) in [7, 11) is 0. The van der Waals surface area contributed by atoms with Crippen LogP contribution >= 0.6 is 0 Å². The zero-order valence-electron chi connectivity index (χ0n) is 24.3. The molecule has 1 saturated carbocycles. The van der Waals surface area contributed by atoms with Gasteiger partial charge in [-0.2, -0.15) is 29.0 Å². The molecule has 14 heteroatoms. The van der Waals surface area contributed by atoms with Crippen LogP contribution in [0.4, 0.5) is 33.3 Å². The molecule has 1 atom stereocenters. The van der Waals surface area contributed by atoms with Crippen molar-refractivity contribution in [3.05, 3.63) is 76.2 Å². The summed E-state index contributed by atoms with van der Waals surface area (Å²) in [5, 5.41) is 43.9. The van der Waals surface area contributed by atoms with Crippen LogP contribution in [0, 0.1) is 46.3 Å². The maximum Gasteiger partial charge on any atom is 0.395 e. The van der Waals surface area contributed by atoms with E-state index in [2.05, 4.69) is 32.0 Å².